The van der Waals surface area contributed by atoms with Gasteiger partial charge in [0.15, 0.2) is 0 Å². The quantitative estimate of drug-likeness (QED) is 0.591. The maximum atomic E-state index is 12.1. The maximum Gasteiger partial charge on any atom is 0.115 e. The van der Waals surface area contributed by atoms with Crippen molar-refractivity contribution in [3.05, 3.63) is 28.2 Å². The molecule has 0 bridgehead atoms. The summed E-state index contributed by atoms with van der Waals surface area (Å²) in [4.78, 5) is 0. The summed E-state index contributed by atoms with van der Waals surface area (Å²) in [5.74, 6) is 5.15. The molecule has 0 spiro atoms. The molecule has 1 rings (SSSR count). The number of hydrogen-bond acceptors (Lipinski definition) is 2. The number of benzene rings is 1. The highest BCUT2D eigenvalue weighted by atomic mass is 79.9. The van der Waals surface area contributed by atoms with E-state index < -0.39 is 6.67 Å². The average Bonchev–Trinajstić information content (AvgIpc) is 2.03. The molecule has 0 unspecified atom stereocenters. The van der Waals surface area contributed by atoms with Crippen molar-refractivity contribution in [1.29, 1.82) is 0 Å². The third-order valence-electron chi connectivity index (χ3n) is 1.28. The van der Waals surface area contributed by atoms with E-state index in [9.17, 15) is 4.39 Å². The lowest BCUT2D eigenvalue weighted by molar-refractivity contribution is 0.485. The Kier molecular flexibility index (Phi) is 2.84. The van der Waals surface area contributed by atoms with Crippen LogP contribution in [0.5, 0.6) is 0 Å². The van der Waals surface area contributed by atoms with E-state index in [2.05, 4.69) is 21.4 Å². The van der Waals surface area contributed by atoms with Crippen molar-refractivity contribution in [2.45, 2.75) is 6.67 Å². The lowest BCUT2D eigenvalue weighted by Crippen LogP contribution is -2.06. The van der Waals surface area contributed by atoms with E-state index in [1.54, 1.807) is 18.2 Å². The lowest BCUT2D eigenvalue weighted by atomic mass is 10.2. The van der Waals surface area contributed by atoms with Crippen molar-refractivity contribution >= 4 is 21.6 Å². The van der Waals surface area contributed by atoms with Crippen molar-refractivity contribution in [1.82, 2.24) is 0 Å². The first-order valence-corrected chi connectivity index (χ1v) is 3.87. The summed E-state index contributed by atoms with van der Waals surface area (Å²) >= 11 is 3.23. The van der Waals surface area contributed by atoms with Gasteiger partial charge in [-0.3, -0.25) is 5.84 Å². The minimum atomic E-state index is -0.478. The Morgan fingerprint density at radius 2 is 2.18 bits per heavy atom. The molecule has 0 saturated heterocycles. The van der Waals surface area contributed by atoms with Gasteiger partial charge in [-0.25, -0.2) is 4.39 Å². The fourth-order valence-electron chi connectivity index (χ4n) is 0.811. The molecule has 11 heavy (non-hydrogen) atoms. The van der Waals surface area contributed by atoms with Crippen LogP contribution in [-0.2, 0) is 6.67 Å². The van der Waals surface area contributed by atoms with E-state index in [0.717, 1.165) is 4.47 Å². The molecule has 3 N–H and O–H groups in total. The summed E-state index contributed by atoms with van der Waals surface area (Å²) in [6, 6.07) is 5.14. The van der Waals surface area contributed by atoms with Gasteiger partial charge in [0.1, 0.15) is 6.67 Å². The second-order valence-corrected chi connectivity index (χ2v) is 3.04. The Hall–Kier alpha value is -0.610. The zero-order valence-electron chi connectivity index (χ0n) is 5.77. The molecule has 0 saturated carbocycles. The predicted molar refractivity (Wildman–Crippen MR) is 46.8 cm³/mol. The van der Waals surface area contributed by atoms with Crippen molar-refractivity contribution in [3.63, 3.8) is 0 Å². The number of hydrazine groups is 1. The smallest absolute Gasteiger partial charge is 0.115 e. The van der Waals surface area contributed by atoms with Crippen LogP contribution in [0.2, 0.25) is 0 Å². The van der Waals surface area contributed by atoms with Crippen LogP contribution in [0.3, 0.4) is 0 Å². The molecular formula is C7H8BrFN2. The third-order valence-corrected chi connectivity index (χ3v) is 1.74. The van der Waals surface area contributed by atoms with Gasteiger partial charge in [-0.15, -0.1) is 0 Å². The summed E-state index contributed by atoms with van der Waals surface area (Å²) in [6.07, 6.45) is 0. The van der Waals surface area contributed by atoms with Crippen LogP contribution in [0.25, 0.3) is 0 Å². The van der Waals surface area contributed by atoms with Crippen LogP contribution < -0.4 is 11.3 Å². The van der Waals surface area contributed by atoms with E-state index in [0.29, 0.717) is 11.3 Å². The number of halogens is 2. The van der Waals surface area contributed by atoms with Crippen molar-refractivity contribution in [2.75, 3.05) is 5.43 Å². The van der Waals surface area contributed by atoms with Crippen LogP contribution in [0.1, 0.15) is 5.56 Å². The first kappa shape index (κ1) is 8.49. The van der Waals surface area contributed by atoms with Gasteiger partial charge in [0, 0.05) is 10.2 Å². The van der Waals surface area contributed by atoms with Crippen LogP contribution in [-0.4, -0.2) is 0 Å². The standard InChI is InChI=1S/C7H8BrFN2/c8-6-1-5(4-9)2-7(3-6)11-10/h1-3,11H,4,10H2. The van der Waals surface area contributed by atoms with E-state index >= 15 is 0 Å². The number of alkyl halides is 1. The van der Waals surface area contributed by atoms with Gasteiger partial charge in [-0.2, -0.15) is 0 Å². The minimum absolute atomic E-state index is 0.478. The van der Waals surface area contributed by atoms with Gasteiger partial charge >= 0.3 is 0 Å². The molecule has 2 nitrogen and oxygen atoms in total. The van der Waals surface area contributed by atoms with Crippen LogP contribution in [0.15, 0.2) is 22.7 Å². The molecule has 0 aliphatic carbocycles. The minimum Gasteiger partial charge on any atom is -0.324 e. The number of anilines is 1. The topological polar surface area (TPSA) is 38.0 Å². The highest BCUT2D eigenvalue weighted by Crippen LogP contribution is 2.19. The number of nitrogen functional groups attached to an aromatic ring is 1. The monoisotopic (exact) mass is 218 g/mol. The Balaban J connectivity index is 3.02. The molecule has 4 heteroatoms. The van der Waals surface area contributed by atoms with Crippen LogP contribution in [0.4, 0.5) is 10.1 Å². The molecule has 60 valence electrons. The molecule has 1 aromatic carbocycles. The SMILES string of the molecule is NNc1cc(Br)cc(CF)c1. The second-order valence-electron chi connectivity index (χ2n) is 2.13. The zero-order chi connectivity index (χ0) is 8.27. The van der Waals surface area contributed by atoms with Crippen molar-refractivity contribution in [2.24, 2.45) is 5.84 Å². The van der Waals surface area contributed by atoms with Gasteiger partial charge in [0.25, 0.3) is 0 Å². The second kappa shape index (κ2) is 3.69. The molecular weight excluding hydrogens is 211 g/mol. The number of rotatable bonds is 2. The Morgan fingerprint density at radius 3 is 2.73 bits per heavy atom. The summed E-state index contributed by atoms with van der Waals surface area (Å²) in [6.45, 7) is -0.478. The largest absolute Gasteiger partial charge is 0.324 e. The fourth-order valence-corrected chi connectivity index (χ4v) is 1.35. The fraction of sp³-hybridized carbons (Fsp3) is 0.143. The van der Waals surface area contributed by atoms with E-state index in [1.165, 1.54) is 0 Å². The molecule has 1 aromatic rings. The summed E-state index contributed by atoms with van der Waals surface area (Å²) in [5, 5.41) is 0. The first-order valence-electron chi connectivity index (χ1n) is 3.08. The van der Waals surface area contributed by atoms with Crippen molar-refractivity contribution in [3.8, 4) is 0 Å². The Labute approximate surface area is 72.7 Å². The number of nitrogens with one attached hydrogen (secondary N) is 1. The van der Waals surface area contributed by atoms with Crippen LogP contribution >= 0.6 is 15.9 Å². The molecule has 0 amide bonds. The van der Waals surface area contributed by atoms with E-state index in [1.807, 2.05) is 0 Å². The molecule has 0 radical (unpaired) electrons. The van der Waals surface area contributed by atoms with Gasteiger partial charge < -0.3 is 5.43 Å². The third kappa shape index (κ3) is 2.17. The highest BCUT2D eigenvalue weighted by Gasteiger charge is 1.96. The molecule has 0 fully saturated rings. The first-order chi connectivity index (χ1) is 5.26. The summed E-state index contributed by atoms with van der Waals surface area (Å²) in [7, 11) is 0. The average molecular weight is 219 g/mol. The normalized spacial score (nSPS) is 9.73. The molecule has 0 aliphatic heterocycles. The van der Waals surface area contributed by atoms with E-state index in [4.69, 9.17) is 5.84 Å². The maximum absolute atomic E-state index is 12.1. The highest BCUT2D eigenvalue weighted by molar-refractivity contribution is 9.10. The Morgan fingerprint density at radius 1 is 1.45 bits per heavy atom. The van der Waals surface area contributed by atoms with Gasteiger partial charge in [0.2, 0.25) is 0 Å². The van der Waals surface area contributed by atoms with Gasteiger partial charge in [-0.1, -0.05) is 15.9 Å². The lowest BCUT2D eigenvalue weighted by Gasteiger charge is -2.02. The molecule has 0 aromatic heterocycles. The summed E-state index contributed by atoms with van der Waals surface area (Å²) < 4.78 is 13.0. The number of hydrogen-bond donors (Lipinski definition) is 2. The zero-order valence-corrected chi connectivity index (χ0v) is 7.36. The summed E-state index contributed by atoms with van der Waals surface area (Å²) in [5.41, 5.74) is 3.75. The van der Waals surface area contributed by atoms with Gasteiger partial charge in [0.05, 0.1) is 0 Å². The predicted octanol–water partition coefficient (Wildman–Crippen LogP) is 2.20. The number of nitrogens with two attached hydrogens (primary N) is 1. The Bertz CT molecular complexity index is 230. The molecule has 0 aliphatic rings. The van der Waals surface area contributed by atoms with E-state index in [-0.39, 0.29) is 0 Å². The van der Waals surface area contributed by atoms with Crippen molar-refractivity contribution < 1.29 is 4.39 Å². The molecule has 0 atom stereocenters. The van der Waals surface area contributed by atoms with Crippen LogP contribution in [0, 0.1) is 0 Å². The van der Waals surface area contributed by atoms with Gasteiger partial charge in [-0.05, 0) is 23.8 Å². The molecule has 0 heterocycles.